The molecule has 0 radical (unpaired) electrons. The first kappa shape index (κ1) is 41.4. The van der Waals surface area contributed by atoms with E-state index in [-0.39, 0.29) is 12.5 Å². The van der Waals surface area contributed by atoms with Crippen LogP contribution in [0.5, 0.6) is 0 Å². The molecule has 0 aromatic carbocycles. The number of unbranched alkanes of at least 4 members (excludes halogenated alkanes) is 13. The van der Waals surface area contributed by atoms with Crippen molar-refractivity contribution in [3.63, 3.8) is 0 Å². The first-order valence-electron chi connectivity index (χ1n) is 17.7. The quantitative estimate of drug-likeness (QED) is 0.0519. The Bertz CT molecular complexity index is 802. The average Bonchev–Trinajstić information content (AvgIpc) is 3.04. The van der Waals surface area contributed by atoms with Gasteiger partial charge in [0, 0.05) is 6.42 Å². The van der Waals surface area contributed by atoms with E-state index in [1.165, 1.54) is 44.9 Å². The van der Waals surface area contributed by atoms with Gasteiger partial charge in [-0.2, -0.15) is 0 Å². The Hall–Kier alpha value is -1.59. The fraction of sp³-hybridized carbons (Fsp3) is 0.806. The number of hydrogen-bond acceptors (Lipinski definition) is 8. The minimum atomic E-state index is -1.57. The summed E-state index contributed by atoms with van der Waals surface area (Å²) in [6.45, 7) is 3.63. The number of allylic oxidation sites excluding steroid dienone is 5. The summed E-state index contributed by atoms with van der Waals surface area (Å²) >= 11 is 0. The van der Waals surface area contributed by atoms with Crippen LogP contribution in [0.4, 0.5) is 0 Å². The molecule has 0 aromatic rings. The van der Waals surface area contributed by atoms with Crippen LogP contribution in [0.2, 0.25) is 0 Å². The normalized spacial score (nSPS) is 23.8. The second-order valence-corrected chi connectivity index (χ2v) is 12.3. The summed E-state index contributed by atoms with van der Waals surface area (Å²) in [5.74, 6) is -0.204. The molecule has 1 rings (SSSR count). The molecule has 45 heavy (non-hydrogen) atoms. The minimum absolute atomic E-state index is 0.204. The average molecular weight is 640 g/mol. The first-order chi connectivity index (χ1) is 21.8. The zero-order valence-corrected chi connectivity index (χ0v) is 28.1. The van der Waals surface area contributed by atoms with Gasteiger partial charge in [0.25, 0.3) is 0 Å². The van der Waals surface area contributed by atoms with Crippen molar-refractivity contribution in [3.8, 4) is 0 Å². The van der Waals surface area contributed by atoms with Gasteiger partial charge in [0.05, 0.1) is 25.4 Å². The first-order valence-corrected chi connectivity index (χ1v) is 17.7. The van der Waals surface area contributed by atoms with Crippen LogP contribution in [-0.2, 0) is 14.3 Å². The molecule has 1 saturated heterocycles. The van der Waals surface area contributed by atoms with Gasteiger partial charge in [-0.15, -0.1) is 0 Å². The Morgan fingerprint density at radius 2 is 1.27 bits per heavy atom. The maximum atomic E-state index is 12.7. The third kappa shape index (κ3) is 19.6. The molecular formula is C36H65NO8. The van der Waals surface area contributed by atoms with Crippen LogP contribution >= 0.6 is 0 Å². The van der Waals surface area contributed by atoms with E-state index >= 15 is 0 Å². The number of amides is 1. The van der Waals surface area contributed by atoms with Gasteiger partial charge in [0.1, 0.15) is 24.4 Å². The van der Waals surface area contributed by atoms with Gasteiger partial charge >= 0.3 is 0 Å². The highest BCUT2D eigenvalue weighted by Crippen LogP contribution is 2.22. The van der Waals surface area contributed by atoms with E-state index < -0.39 is 49.5 Å². The Morgan fingerprint density at radius 3 is 1.87 bits per heavy atom. The van der Waals surface area contributed by atoms with Crippen LogP contribution < -0.4 is 5.32 Å². The molecule has 1 aliphatic rings. The van der Waals surface area contributed by atoms with Crippen molar-refractivity contribution in [2.45, 2.75) is 172 Å². The monoisotopic (exact) mass is 639 g/mol. The highest BCUT2D eigenvalue weighted by atomic mass is 16.7. The van der Waals surface area contributed by atoms with E-state index in [1.54, 1.807) is 6.08 Å². The molecule has 0 spiro atoms. The summed E-state index contributed by atoms with van der Waals surface area (Å²) in [5.41, 5.74) is 0. The van der Waals surface area contributed by atoms with Crippen LogP contribution in [0.1, 0.15) is 129 Å². The molecule has 262 valence electrons. The molecule has 1 aliphatic heterocycles. The number of carbonyl (C=O) groups excluding carboxylic acids is 1. The molecular weight excluding hydrogens is 574 g/mol. The number of rotatable bonds is 27. The summed E-state index contributed by atoms with van der Waals surface area (Å²) in [5, 5.41) is 53.5. The zero-order chi connectivity index (χ0) is 33.1. The van der Waals surface area contributed by atoms with Gasteiger partial charge in [0.2, 0.25) is 5.91 Å². The van der Waals surface area contributed by atoms with E-state index in [4.69, 9.17) is 9.47 Å². The van der Waals surface area contributed by atoms with Crippen molar-refractivity contribution in [3.05, 3.63) is 36.5 Å². The number of nitrogens with one attached hydrogen (secondary N) is 1. The van der Waals surface area contributed by atoms with E-state index in [2.05, 4.69) is 43.5 Å². The zero-order valence-electron chi connectivity index (χ0n) is 28.1. The fourth-order valence-electron chi connectivity index (χ4n) is 5.24. The Labute approximate surface area is 272 Å². The van der Waals surface area contributed by atoms with Crippen LogP contribution in [0.15, 0.2) is 36.5 Å². The van der Waals surface area contributed by atoms with Crippen molar-refractivity contribution in [1.29, 1.82) is 0 Å². The smallest absolute Gasteiger partial charge is 0.220 e. The number of aliphatic hydroxyl groups excluding tert-OH is 5. The maximum absolute atomic E-state index is 12.7. The van der Waals surface area contributed by atoms with E-state index in [0.29, 0.717) is 6.42 Å². The second-order valence-electron chi connectivity index (χ2n) is 12.3. The van der Waals surface area contributed by atoms with Crippen molar-refractivity contribution >= 4 is 5.91 Å². The lowest BCUT2D eigenvalue weighted by atomic mass is 9.99. The topological polar surface area (TPSA) is 149 Å². The number of carbonyl (C=O) groups is 1. The molecule has 1 heterocycles. The summed E-state index contributed by atoms with van der Waals surface area (Å²) in [6, 6.07) is -0.820. The van der Waals surface area contributed by atoms with Gasteiger partial charge in [0.15, 0.2) is 6.29 Å². The highest BCUT2D eigenvalue weighted by molar-refractivity contribution is 5.76. The third-order valence-electron chi connectivity index (χ3n) is 8.20. The fourth-order valence-corrected chi connectivity index (χ4v) is 5.24. The lowest BCUT2D eigenvalue weighted by Crippen LogP contribution is -2.60. The third-order valence-corrected chi connectivity index (χ3v) is 8.20. The summed E-state index contributed by atoms with van der Waals surface area (Å²) in [4.78, 5) is 12.7. The van der Waals surface area contributed by atoms with Gasteiger partial charge in [-0.1, -0.05) is 115 Å². The predicted molar refractivity (Wildman–Crippen MR) is 180 cm³/mol. The number of hydrogen-bond donors (Lipinski definition) is 6. The van der Waals surface area contributed by atoms with Crippen molar-refractivity contribution in [2.24, 2.45) is 0 Å². The maximum Gasteiger partial charge on any atom is 0.220 e. The van der Waals surface area contributed by atoms with E-state index in [0.717, 1.165) is 64.2 Å². The van der Waals surface area contributed by atoms with Gasteiger partial charge < -0.3 is 40.3 Å². The molecule has 0 aromatic heterocycles. The summed E-state index contributed by atoms with van der Waals surface area (Å²) < 4.78 is 11.1. The number of ether oxygens (including phenoxy) is 2. The lowest BCUT2D eigenvalue weighted by Gasteiger charge is -2.40. The molecule has 9 nitrogen and oxygen atoms in total. The van der Waals surface area contributed by atoms with Gasteiger partial charge in [-0.3, -0.25) is 4.79 Å². The van der Waals surface area contributed by atoms with Crippen molar-refractivity contribution in [2.75, 3.05) is 13.2 Å². The number of aliphatic hydroxyl groups is 5. The standard InChI is InChI=1S/C36H65NO8/c1-3-5-7-9-11-12-13-14-15-16-17-18-19-20-21-23-25-30(39)29(37-32(40)26-24-22-10-8-6-4-2)28-44-36-35(43)34(42)33(41)31(27-38)45-36/h14-15,18-19,23,25,29-31,33-36,38-39,41-43H,3-13,16-17,20-22,24,26-28H2,1-2H3,(H,37,40)/b15-14+,19-18+,25-23+. The van der Waals surface area contributed by atoms with Crippen molar-refractivity contribution in [1.82, 2.24) is 5.32 Å². The van der Waals surface area contributed by atoms with E-state index in [9.17, 15) is 30.3 Å². The Morgan fingerprint density at radius 1 is 0.733 bits per heavy atom. The largest absolute Gasteiger partial charge is 0.394 e. The van der Waals surface area contributed by atoms with Gasteiger partial charge in [-0.05, 0) is 44.9 Å². The van der Waals surface area contributed by atoms with Crippen molar-refractivity contribution < 1.29 is 39.8 Å². The molecule has 0 saturated carbocycles. The highest BCUT2D eigenvalue weighted by Gasteiger charge is 2.44. The SMILES string of the molecule is CCCCCCCC/C=C/CC/C=C/CC/C=C/C(O)C(COC1OC(CO)C(O)C(O)C1O)NC(=O)CCCCCCCC. The molecule has 7 atom stereocenters. The van der Waals surface area contributed by atoms with Crippen LogP contribution in [-0.4, -0.2) is 87.5 Å². The second kappa shape index (κ2) is 27.5. The molecule has 1 fully saturated rings. The predicted octanol–water partition coefficient (Wildman–Crippen LogP) is 5.38. The molecule has 7 unspecified atom stereocenters. The van der Waals surface area contributed by atoms with Gasteiger partial charge in [-0.25, -0.2) is 0 Å². The molecule has 0 aliphatic carbocycles. The molecule has 1 amide bonds. The summed E-state index contributed by atoms with van der Waals surface area (Å²) in [7, 11) is 0. The summed E-state index contributed by atoms with van der Waals surface area (Å²) in [6.07, 6.45) is 23.6. The lowest BCUT2D eigenvalue weighted by molar-refractivity contribution is -0.302. The van der Waals surface area contributed by atoms with Crippen LogP contribution in [0.25, 0.3) is 0 Å². The molecule has 6 N–H and O–H groups in total. The van der Waals surface area contributed by atoms with Crippen LogP contribution in [0.3, 0.4) is 0 Å². The van der Waals surface area contributed by atoms with E-state index in [1.807, 2.05) is 6.08 Å². The Kier molecular flexibility index (Phi) is 25.3. The molecule has 9 heteroatoms. The molecule has 0 bridgehead atoms. The van der Waals surface area contributed by atoms with Crippen LogP contribution in [0, 0.1) is 0 Å². The Balaban J connectivity index is 2.50. The minimum Gasteiger partial charge on any atom is -0.394 e.